The molecule has 1 rings (SSSR count). The molecule has 0 fully saturated rings. The number of esters is 1. The van der Waals surface area contributed by atoms with E-state index in [0.29, 0.717) is 5.56 Å². The predicted molar refractivity (Wildman–Crippen MR) is 68.3 cm³/mol. The Morgan fingerprint density at radius 1 is 1.05 bits per heavy atom. The fourth-order valence-corrected chi connectivity index (χ4v) is 1.29. The number of benzene rings is 1. The molecule has 0 aromatic heterocycles. The number of hydrogen-bond acceptors (Lipinski definition) is 6. The van der Waals surface area contributed by atoms with Crippen molar-refractivity contribution in [3.05, 3.63) is 35.9 Å². The van der Waals surface area contributed by atoms with E-state index >= 15 is 0 Å². The summed E-state index contributed by atoms with van der Waals surface area (Å²) in [7, 11) is 0. The molecule has 1 aromatic carbocycles. The molecule has 0 aliphatic carbocycles. The van der Waals surface area contributed by atoms with Crippen molar-refractivity contribution >= 4 is 24.0 Å². The number of carboxylic acids is 2. The number of hydrogen-bond donors (Lipinski definition) is 4. The van der Waals surface area contributed by atoms with Gasteiger partial charge in [-0.15, -0.1) is 0 Å². The fraction of sp³-hybridized carbons (Fsp3) is 0.154. The van der Waals surface area contributed by atoms with Gasteiger partial charge < -0.3 is 25.2 Å². The molecule has 1 aromatic rings. The first-order valence-electron chi connectivity index (χ1n) is 5.62. The van der Waals surface area contributed by atoms with Gasteiger partial charge in [-0.2, -0.15) is 0 Å². The van der Waals surface area contributed by atoms with Gasteiger partial charge in [0.15, 0.2) is 6.10 Å². The maximum absolute atomic E-state index is 11.4. The molecule has 0 saturated carbocycles. The molecule has 8 nitrogen and oxygen atoms in total. The van der Waals surface area contributed by atoms with Crippen LogP contribution in [0.4, 0.5) is 0 Å². The van der Waals surface area contributed by atoms with Gasteiger partial charge in [-0.05, 0) is 23.8 Å². The minimum Gasteiger partial charge on any atom is -0.508 e. The zero-order valence-electron chi connectivity index (χ0n) is 10.5. The Hall–Kier alpha value is -2.87. The van der Waals surface area contributed by atoms with Crippen LogP contribution in [0.25, 0.3) is 6.08 Å². The first-order valence-corrected chi connectivity index (χ1v) is 5.62. The second-order valence-electron chi connectivity index (χ2n) is 3.90. The average Bonchev–Trinajstić information content (AvgIpc) is 2.43. The first kappa shape index (κ1) is 16.2. The molecule has 0 radical (unpaired) electrons. The van der Waals surface area contributed by atoms with Gasteiger partial charge >= 0.3 is 17.9 Å². The van der Waals surface area contributed by atoms with E-state index < -0.39 is 30.1 Å². The standard InChI is InChI=1S/C13H12O8/c14-8-4-1-7(2-5-8)3-6-9(15)21-11(13(19)20)10(16)12(17)18/h1-6,10-11,14,16H,(H,17,18)(H,19,20)/b6-3-/t10-,11-/m1/s1. The van der Waals surface area contributed by atoms with Gasteiger partial charge in [0, 0.05) is 6.08 Å². The smallest absolute Gasteiger partial charge is 0.348 e. The molecule has 0 spiro atoms. The zero-order chi connectivity index (χ0) is 16.0. The molecule has 4 N–H and O–H groups in total. The van der Waals surface area contributed by atoms with Gasteiger partial charge in [0.25, 0.3) is 0 Å². The lowest BCUT2D eigenvalue weighted by Gasteiger charge is -2.15. The highest BCUT2D eigenvalue weighted by atomic mass is 16.6. The summed E-state index contributed by atoms with van der Waals surface area (Å²) in [5, 5.41) is 35.4. The molecule has 0 unspecified atom stereocenters. The van der Waals surface area contributed by atoms with Gasteiger partial charge in [-0.1, -0.05) is 12.1 Å². The molecular weight excluding hydrogens is 284 g/mol. The Morgan fingerprint density at radius 3 is 2.10 bits per heavy atom. The van der Waals surface area contributed by atoms with Gasteiger partial charge in [-0.25, -0.2) is 14.4 Å². The minimum atomic E-state index is -2.37. The summed E-state index contributed by atoms with van der Waals surface area (Å²) in [5.74, 6) is -4.70. The number of rotatable bonds is 6. The van der Waals surface area contributed by atoms with Crippen molar-refractivity contribution in [1.29, 1.82) is 0 Å². The number of aliphatic hydroxyl groups excluding tert-OH is 1. The SMILES string of the molecule is O=C(/C=C\c1ccc(O)cc1)O[C@@H](C(=O)O)[C@@H](O)C(=O)O. The highest BCUT2D eigenvalue weighted by Crippen LogP contribution is 2.11. The summed E-state index contributed by atoms with van der Waals surface area (Å²) in [6.07, 6.45) is -2.43. The molecule has 0 amide bonds. The minimum absolute atomic E-state index is 0.0326. The number of aliphatic carboxylic acids is 2. The van der Waals surface area contributed by atoms with Crippen molar-refractivity contribution in [3.63, 3.8) is 0 Å². The Balaban J connectivity index is 2.72. The second kappa shape index (κ2) is 7.06. The van der Waals surface area contributed by atoms with Crippen LogP contribution < -0.4 is 0 Å². The Morgan fingerprint density at radius 2 is 1.62 bits per heavy atom. The number of carbonyl (C=O) groups excluding carboxylic acids is 1. The van der Waals surface area contributed by atoms with Crippen LogP contribution >= 0.6 is 0 Å². The van der Waals surface area contributed by atoms with Crippen LogP contribution in [-0.4, -0.2) is 50.5 Å². The topological polar surface area (TPSA) is 141 Å². The van der Waals surface area contributed by atoms with Crippen molar-refractivity contribution < 1.29 is 39.5 Å². The summed E-state index contributed by atoms with van der Waals surface area (Å²) in [5.41, 5.74) is 0.524. The van der Waals surface area contributed by atoms with E-state index in [1.54, 1.807) is 0 Å². The van der Waals surface area contributed by atoms with Crippen LogP contribution in [0.3, 0.4) is 0 Å². The highest BCUT2D eigenvalue weighted by Gasteiger charge is 2.35. The van der Waals surface area contributed by atoms with Crippen LogP contribution in [0.15, 0.2) is 30.3 Å². The summed E-state index contributed by atoms with van der Waals surface area (Å²) < 4.78 is 4.37. The predicted octanol–water partition coefficient (Wildman–Crippen LogP) is -0.153. The number of phenolic OH excluding ortho intramolecular Hbond substituents is 1. The average molecular weight is 296 g/mol. The summed E-state index contributed by atoms with van der Waals surface area (Å²) in [4.78, 5) is 32.6. The van der Waals surface area contributed by atoms with Crippen molar-refractivity contribution in [2.45, 2.75) is 12.2 Å². The van der Waals surface area contributed by atoms with Gasteiger partial charge in [-0.3, -0.25) is 0 Å². The molecule has 0 aliphatic heterocycles. The lowest BCUT2D eigenvalue weighted by Crippen LogP contribution is -2.42. The number of carbonyl (C=O) groups is 3. The normalized spacial score (nSPS) is 13.6. The number of aliphatic hydroxyl groups is 1. The van der Waals surface area contributed by atoms with E-state index in [-0.39, 0.29) is 5.75 Å². The maximum Gasteiger partial charge on any atom is 0.348 e. The first-order chi connectivity index (χ1) is 9.81. The zero-order valence-corrected chi connectivity index (χ0v) is 10.5. The third-order valence-corrected chi connectivity index (χ3v) is 2.33. The molecule has 0 saturated heterocycles. The fourth-order valence-electron chi connectivity index (χ4n) is 1.29. The molecule has 0 bridgehead atoms. The van der Waals surface area contributed by atoms with Crippen LogP contribution in [-0.2, 0) is 19.1 Å². The number of aromatic hydroxyl groups is 1. The van der Waals surface area contributed by atoms with Crippen molar-refractivity contribution in [3.8, 4) is 5.75 Å². The van der Waals surface area contributed by atoms with Gasteiger partial charge in [0.2, 0.25) is 6.10 Å². The highest BCUT2D eigenvalue weighted by molar-refractivity contribution is 5.91. The summed E-state index contributed by atoms with van der Waals surface area (Å²) in [6, 6.07) is 5.72. The Kier molecular flexibility index (Phi) is 5.44. The van der Waals surface area contributed by atoms with Crippen LogP contribution in [0.5, 0.6) is 5.75 Å². The van der Waals surface area contributed by atoms with E-state index in [1.807, 2.05) is 0 Å². The van der Waals surface area contributed by atoms with Crippen LogP contribution in [0.2, 0.25) is 0 Å². The monoisotopic (exact) mass is 296 g/mol. The van der Waals surface area contributed by atoms with Crippen molar-refractivity contribution in [2.24, 2.45) is 0 Å². The molecular formula is C13H12O8. The Labute approximate surface area is 118 Å². The number of phenols is 1. The van der Waals surface area contributed by atoms with E-state index in [0.717, 1.165) is 6.08 Å². The molecule has 112 valence electrons. The van der Waals surface area contributed by atoms with Crippen LogP contribution in [0, 0.1) is 0 Å². The van der Waals surface area contributed by atoms with E-state index in [9.17, 15) is 14.4 Å². The van der Waals surface area contributed by atoms with Gasteiger partial charge in [0.05, 0.1) is 0 Å². The largest absolute Gasteiger partial charge is 0.508 e. The molecule has 8 heteroatoms. The van der Waals surface area contributed by atoms with Crippen molar-refractivity contribution in [2.75, 3.05) is 0 Å². The molecule has 0 heterocycles. The summed E-state index contributed by atoms with van der Waals surface area (Å²) >= 11 is 0. The summed E-state index contributed by atoms with van der Waals surface area (Å²) in [6.45, 7) is 0. The lowest BCUT2D eigenvalue weighted by molar-refractivity contribution is -0.176. The second-order valence-corrected chi connectivity index (χ2v) is 3.90. The van der Waals surface area contributed by atoms with E-state index in [2.05, 4.69) is 4.74 Å². The molecule has 0 aliphatic rings. The van der Waals surface area contributed by atoms with Crippen LogP contribution in [0.1, 0.15) is 5.56 Å². The molecule has 2 atom stereocenters. The third kappa shape index (κ3) is 4.96. The Bertz CT molecular complexity index is 560. The maximum atomic E-state index is 11.4. The lowest BCUT2D eigenvalue weighted by atomic mass is 10.2. The number of carboxylic acid groups (broad SMARTS) is 2. The van der Waals surface area contributed by atoms with E-state index in [4.69, 9.17) is 20.4 Å². The third-order valence-electron chi connectivity index (χ3n) is 2.33. The van der Waals surface area contributed by atoms with Crippen molar-refractivity contribution in [1.82, 2.24) is 0 Å². The quantitative estimate of drug-likeness (QED) is 0.419. The molecule has 21 heavy (non-hydrogen) atoms. The number of ether oxygens (including phenoxy) is 1. The van der Waals surface area contributed by atoms with Gasteiger partial charge in [0.1, 0.15) is 5.75 Å². The van der Waals surface area contributed by atoms with E-state index in [1.165, 1.54) is 30.3 Å².